The number of methoxy groups -OCH3 is 1. The summed E-state index contributed by atoms with van der Waals surface area (Å²) in [6.07, 6.45) is 0.0493. The average molecular weight is 280 g/mol. The summed E-state index contributed by atoms with van der Waals surface area (Å²) >= 11 is 0. The van der Waals surface area contributed by atoms with E-state index < -0.39 is 16.2 Å². The molecule has 0 aliphatic heterocycles. The van der Waals surface area contributed by atoms with Gasteiger partial charge in [-0.1, -0.05) is 20.8 Å². The molecule has 0 spiro atoms. The van der Waals surface area contributed by atoms with Gasteiger partial charge in [-0.05, 0) is 11.8 Å². The molecule has 0 aromatic carbocycles. The minimum atomic E-state index is -3.52. The van der Waals surface area contributed by atoms with E-state index in [-0.39, 0.29) is 18.9 Å². The Morgan fingerprint density at radius 1 is 1.33 bits per heavy atom. The Morgan fingerprint density at radius 2 is 1.89 bits per heavy atom. The topological polar surface area (TPSA) is 75.7 Å². The quantitative estimate of drug-likeness (QED) is 0.661. The molecule has 1 N–H and O–H groups in total. The van der Waals surface area contributed by atoms with Crippen LogP contribution in [0.15, 0.2) is 0 Å². The third kappa shape index (κ3) is 6.32. The van der Waals surface area contributed by atoms with E-state index >= 15 is 0 Å². The molecule has 0 saturated carbocycles. The van der Waals surface area contributed by atoms with Crippen molar-refractivity contribution in [3.05, 3.63) is 0 Å². The van der Waals surface area contributed by atoms with Gasteiger partial charge in [0.2, 0.25) is 0 Å². The highest BCUT2D eigenvalue weighted by molar-refractivity contribution is 7.87. The Labute approximate surface area is 110 Å². The van der Waals surface area contributed by atoms with Crippen LogP contribution in [-0.4, -0.2) is 45.9 Å². The number of carbonyl (C=O) groups excluding carboxylic acids is 1. The minimum absolute atomic E-state index is 0.0493. The fraction of sp³-hybridized carbons (Fsp3) is 0.909. The highest BCUT2D eigenvalue weighted by Gasteiger charge is 2.19. The molecule has 6 nitrogen and oxygen atoms in total. The van der Waals surface area contributed by atoms with Crippen LogP contribution in [0.4, 0.5) is 0 Å². The summed E-state index contributed by atoms with van der Waals surface area (Å²) in [6.45, 7) is 6.57. The Hall–Kier alpha value is -0.660. The summed E-state index contributed by atoms with van der Waals surface area (Å²) in [6, 6.07) is 0. The standard InChI is InChI=1S/C11H24N2O4S/c1-9(2)10(3)8-12-18(15,16)13(4)7-6-11(14)17-5/h9-10,12H,6-8H2,1-5H3. The summed E-state index contributed by atoms with van der Waals surface area (Å²) < 4.78 is 31.8. The van der Waals surface area contributed by atoms with E-state index in [0.717, 1.165) is 4.31 Å². The number of carbonyl (C=O) groups is 1. The van der Waals surface area contributed by atoms with Crippen LogP contribution in [0.3, 0.4) is 0 Å². The SMILES string of the molecule is COC(=O)CCN(C)S(=O)(=O)NCC(C)C(C)C. The predicted octanol–water partition coefficient (Wildman–Crippen LogP) is 0.608. The zero-order valence-corrected chi connectivity index (χ0v) is 12.6. The minimum Gasteiger partial charge on any atom is -0.469 e. The monoisotopic (exact) mass is 280 g/mol. The molecule has 1 atom stereocenters. The molecule has 0 fully saturated rings. The maximum atomic E-state index is 11.8. The van der Waals surface area contributed by atoms with E-state index in [1.54, 1.807) is 0 Å². The fourth-order valence-electron chi connectivity index (χ4n) is 1.05. The predicted molar refractivity (Wildman–Crippen MR) is 70.2 cm³/mol. The molecule has 0 heterocycles. The van der Waals surface area contributed by atoms with Crippen LogP contribution in [0.5, 0.6) is 0 Å². The van der Waals surface area contributed by atoms with Crippen LogP contribution in [0.2, 0.25) is 0 Å². The number of nitrogens with zero attached hydrogens (tertiary/aromatic N) is 1. The average Bonchev–Trinajstić information content (AvgIpc) is 2.32. The van der Waals surface area contributed by atoms with Gasteiger partial charge in [0.25, 0.3) is 10.2 Å². The second kappa shape index (κ2) is 7.70. The van der Waals surface area contributed by atoms with Gasteiger partial charge in [-0.15, -0.1) is 0 Å². The van der Waals surface area contributed by atoms with Crippen LogP contribution in [0.25, 0.3) is 0 Å². The number of nitrogens with one attached hydrogen (secondary N) is 1. The number of rotatable bonds is 8. The number of hydrogen-bond donors (Lipinski definition) is 1. The van der Waals surface area contributed by atoms with Crippen LogP contribution in [0.1, 0.15) is 27.2 Å². The molecule has 0 rings (SSSR count). The Morgan fingerprint density at radius 3 is 2.33 bits per heavy atom. The number of esters is 1. The third-order valence-electron chi connectivity index (χ3n) is 2.99. The summed E-state index contributed by atoms with van der Waals surface area (Å²) in [4.78, 5) is 10.9. The van der Waals surface area contributed by atoms with Gasteiger partial charge in [0.05, 0.1) is 13.5 Å². The first-order valence-corrected chi connectivity index (χ1v) is 7.42. The zero-order valence-electron chi connectivity index (χ0n) is 11.8. The number of ether oxygens (including phenoxy) is 1. The summed E-state index contributed by atoms with van der Waals surface area (Å²) in [5, 5.41) is 0. The molecule has 0 aromatic heterocycles. The van der Waals surface area contributed by atoms with Crippen molar-refractivity contribution >= 4 is 16.2 Å². The van der Waals surface area contributed by atoms with Crippen LogP contribution in [0, 0.1) is 11.8 Å². The summed E-state index contributed by atoms with van der Waals surface area (Å²) in [7, 11) is -0.804. The normalized spacial score (nSPS) is 13.9. The largest absolute Gasteiger partial charge is 0.469 e. The molecular formula is C11H24N2O4S. The van der Waals surface area contributed by atoms with Gasteiger partial charge in [-0.3, -0.25) is 4.79 Å². The lowest BCUT2D eigenvalue weighted by Crippen LogP contribution is -2.41. The number of hydrogen-bond acceptors (Lipinski definition) is 4. The van der Waals surface area contributed by atoms with Crippen molar-refractivity contribution in [3.8, 4) is 0 Å². The molecule has 0 aliphatic carbocycles. The fourth-order valence-corrected chi connectivity index (χ4v) is 2.08. The second-order valence-electron chi connectivity index (χ2n) is 4.72. The van der Waals surface area contributed by atoms with E-state index in [9.17, 15) is 13.2 Å². The molecular weight excluding hydrogens is 256 g/mol. The maximum Gasteiger partial charge on any atom is 0.306 e. The highest BCUT2D eigenvalue weighted by atomic mass is 32.2. The zero-order chi connectivity index (χ0) is 14.3. The van der Waals surface area contributed by atoms with Crippen molar-refractivity contribution in [2.75, 3.05) is 27.2 Å². The van der Waals surface area contributed by atoms with Crippen LogP contribution in [-0.2, 0) is 19.7 Å². The van der Waals surface area contributed by atoms with Gasteiger partial charge in [0.15, 0.2) is 0 Å². The first kappa shape index (κ1) is 17.3. The molecule has 108 valence electrons. The van der Waals surface area contributed by atoms with Crippen molar-refractivity contribution in [3.63, 3.8) is 0 Å². The third-order valence-corrected chi connectivity index (χ3v) is 4.53. The molecule has 7 heteroatoms. The first-order chi connectivity index (χ1) is 8.20. The van der Waals surface area contributed by atoms with Gasteiger partial charge < -0.3 is 4.74 Å². The van der Waals surface area contributed by atoms with Crippen molar-refractivity contribution in [1.82, 2.24) is 9.03 Å². The molecule has 0 bridgehead atoms. The van der Waals surface area contributed by atoms with Gasteiger partial charge >= 0.3 is 5.97 Å². The Balaban J connectivity index is 4.23. The molecule has 0 radical (unpaired) electrons. The molecule has 0 aliphatic rings. The lowest BCUT2D eigenvalue weighted by Gasteiger charge is -2.20. The van der Waals surface area contributed by atoms with Gasteiger partial charge in [-0.2, -0.15) is 12.7 Å². The van der Waals surface area contributed by atoms with Crippen molar-refractivity contribution in [2.45, 2.75) is 27.2 Å². The van der Waals surface area contributed by atoms with Gasteiger partial charge in [-0.25, -0.2) is 4.72 Å². The van der Waals surface area contributed by atoms with E-state index in [1.807, 2.05) is 20.8 Å². The summed E-state index contributed by atoms with van der Waals surface area (Å²) in [5.74, 6) is 0.245. The molecule has 1 unspecified atom stereocenters. The summed E-state index contributed by atoms with van der Waals surface area (Å²) in [5.41, 5.74) is 0. The van der Waals surface area contributed by atoms with Crippen molar-refractivity contribution in [1.29, 1.82) is 0 Å². The molecule has 18 heavy (non-hydrogen) atoms. The van der Waals surface area contributed by atoms with Gasteiger partial charge in [0, 0.05) is 20.1 Å². The molecule has 0 amide bonds. The van der Waals surface area contributed by atoms with Gasteiger partial charge in [0.1, 0.15) is 0 Å². The second-order valence-corrected chi connectivity index (χ2v) is 6.58. The Kier molecular flexibility index (Phi) is 7.42. The molecule has 0 saturated heterocycles. The van der Waals surface area contributed by atoms with Crippen LogP contribution >= 0.6 is 0 Å². The van der Waals surface area contributed by atoms with E-state index in [1.165, 1.54) is 14.2 Å². The van der Waals surface area contributed by atoms with Crippen molar-refractivity contribution < 1.29 is 17.9 Å². The van der Waals surface area contributed by atoms with Crippen LogP contribution < -0.4 is 4.72 Å². The lowest BCUT2D eigenvalue weighted by atomic mass is 9.99. The Bertz CT molecular complexity index is 354. The van der Waals surface area contributed by atoms with Crippen molar-refractivity contribution in [2.24, 2.45) is 11.8 Å². The first-order valence-electron chi connectivity index (χ1n) is 5.98. The maximum absolute atomic E-state index is 11.8. The molecule has 0 aromatic rings. The lowest BCUT2D eigenvalue weighted by molar-refractivity contribution is -0.140. The van der Waals surface area contributed by atoms with E-state index in [2.05, 4.69) is 9.46 Å². The smallest absolute Gasteiger partial charge is 0.306 e. The highest BCUT2D eigenvalue weighted by Crippen LogP contribution is 2.08. The van der Waals surface area contributed by atoms with E-state index in [4.69, 9.17) is 0 Å². The van der Waals surface area contributed by atoms with E-state index in [0.29, 0.717) is 12.5 Å².